The molecular formula is C11H14N2O. The molecule has 0 aliphatic heterocycles. The predicted molar refractivity (Wildman–Crippen MR) is 56.0 cm³/mol. The second-order valence-corrected chi connectivity index (χ2v) is 2.87. The third-order valence-corrected chi connectivity index (χ3v) is 1.93. The molecule has 0 bridgehead atoms. The minimum Gasteiger partial charge on any atom is -0.335 e. The van der Waals surface area contributed by atoms with Crippen molar-refractivity contribution in [3.05, 3.63) is 42.7 Å². The van der Waals surface area contributed by atoms with Gasteiger partial charge in [-0.25, -0.2) is 0 Å². The number of pyridine rings is 1. The van der Waals surface area contributed by atoms with Crippen LogP contribution in [0.1, 0.15) is 17.3 Å². The molecule has 14 heavy (non-hydrogen) atoms. The molecule has 74 valence electrons. The summed E-state index contributed by atoms with van der Waals surface area (Å²) in [5.74, 6) is 0.000463. The number of aromatic nitrogens is 1. The molecule has 0 atom stereocenters. The Morgan fingerprint density at radius 2 is 2.50 bits per heavy atom. The lowest BCUT2D eigenvalue weighted by molar-refractivity contribution is 0.0781. The van der Waals surface area contributed by atoms with Gasteiger partial charge in [-0.3, -0.25) is 9.78 Å². The van der Waals surface area contributed by atoms with Crippen molar-refractivity contribution in [1.82, 2.24) is 9.88 Å². The number of hydrogen-bond donors (Lipinski definition) is 0. The molecule has 3 nitrogen and oxygen atoms in total. The summed E-state index contributed by atoms with van der Waals surface area (Å²) >= 11 is 0. The highest BCUT2D eigenvalue weighted by Crippen LogP contribution is 2.02. The Labute approximate surface area is 84.1 Å². The Hall–Kier alpha value is -1.64. The van der Waals surface area contributed by atoms with Crippen molar-refractivity contribution in [1.29, 1.82) is 0 Å². The first-order valence-electron chi connectivity index (χ1n) is 4.59. The first-order chi connectivity index (χ1) is 6.79. The maximum absolute atomic E-state index is 11.8. The largest absolute Gasteiger partial charge is 0.335 e. The molecule has 0 N–H and O–H groups in total. The second-order valence-electron chi connectivity index (χ2n) is 2.87. The highest BCUT2D eigenvalue weighted by Gasteiger charge is 2.11. The molecule has 1 aromatic heterocycles. The van der Waals surface area contributed by atoms with Gasteiger partial charge in [0.1, 0.15) is 0 Å². The quantitative estimate of drug-likeness (QED) is 0.677. The van der Waals surface area contributed by atoms with Crippen LogP contribution in [0.15, 0.2) is 37.2 Å². The van der Waals surface area contributed by atoms with E-state index in [9.17, 15) is 4.79 Å². The smallest absolute Gasteiger partial charge is 0.255 e. The molecule has 0 unspecified atom stereocenters. The van der Waals surface area contributed by atoms with Crippen LogP contribution in [-0.4, -0.2) is 28.9 Å². The lowest BCUT2D eigenvalue weighted by atomic mass is 10.2. The zero-order valence-corrected chi connectivity index (χ0v) is 8.31. The van der Waals surface area contributed by atoms with Crippen LogP contribution in [0, 0.1) is 0 Å². The van der Waals surface area contributed by atoms with Crippen LogP contribution in [0.25, 0.3) is 0 Å². The second kappa shape index (κ2) is 5.17. The topological polar surface area (TPSA) is 33.2 Å². The van der Waals surface area contributed by atoms with E-state index in [1.165, 1.54) is 0 Å². The third kappa shape index (κ3) is 2.42. The fourth-order valence-corrected chi connectivity index (χ4v) is 1.18. The monoisotopic (exact) mass is 190 g/mol. The van der Waals surface area contributed by atoms with Gasteiger partial charge in [0.2, 0.25) is 0 Å². The van der Waals surface area contributed by atoms with Gasteiger partial charge in [0.25, 0.3) is 5.91 Å². The van der Waals surface area contributed by atoms with E-state index in [0.717, 1.165) is 0 Å². The first kappa shape index (κ1) is 10.4. The molecule has 0 fully saturated rings. The molecule has 3 heteroatoms. The highest BCUT2D eigenvalue weighted by atomic mass is 16.2. The van der Waals surface area contributed by atoms with Crippen molar-refractivity contribution in [3.8, 4) is 0 Å². The highest BCUT2D eigenvalue weighted by molar-refractivity contribution is 5.93. The van der Waals surface area contributed by atoms with Crippen LogP contribution in [0.5, 0.6) is 0 Å². The van der Waals surface area contributed by atoms with E-state index >= 15 is 0 Å². The first-order valence-corrected chi connectivity index (χ1v) is 4.59. The van der Waals surface area contributed by atoms with Gasteiger partial charge in [-0.1, -0.05) is 6.08 Å². The van der Waals surface area contributed by atoms with Gasteiger partial charge < -0.3 is 4.90 Å². The Morgan fingerprint density at radius 3 is 3.00 bits per heavy atom. The number of likely N-dealkylation sites (N-methyl/N-ethyl adjacent to an activating group) is 1. The summed E-state index contributed by atoms with van der Waals surface area (Å²) in [6.07, 6.45) is 4.95. The third-order valence-electron chi connectivity index (χ3n) is 1.93. The van der Waals surface area contributed by atoms with Crippen LogP contribution in [-0.2, 0) is 0 Å². The average molecular weight is 190 g/mol. The zero-order valence-electron chi connectivity index (χ0n) is 8.31. The summed E-state index contributed by atoms with van der Waals surface area (Å²) in [6.45, 7) is 6.81. The summed E-state index contributed by atoms with van der Waals surface area (Å²) < 4.78 is 0. The van der Waals surface area contributed by atoms with Crippen molar-refractivity contribution < 1.29 is 4.79 Å². The van der Waals surface area contributed by atoms with Gasteiger partial charge >= 0.3 is 0 Å². The molecule has 1 aromatic rings. The minimum atomic E-state index is 0.000463. The van der Waals surface area contributed by atoms with Gasteiger partial charge in [-0.05, 0) is 19.1 Å². The number of hydrogen-bond acceptors (Lipinski definition) is 2. The van der Waals surface area contributed by atoms with Crippen LogP contribution >= 0.6 is 0 Å². The van der Waals surface area contributed by atoms with Gasteiger partial charge in [0.05, 0.1) is 5.56 Å². The molecule has 0 saturated carbocycles. The molecule has 0 aliphatic carbocycles. The van der Waals surface area contributed by atoms with Crippen molar-refractivity contribution in [2.24, 2.45) is 0 Å². The Morgan fingerprint density at radius 1 is 1.71 bits per heavy atom. The van der Waals surface area contributed by atoms with E-state index in [2.05, 4.69) is 11.6 Å². The van der Waals surface area contributed by atoms with E-state index in [4.69, 9.17) is 0 Å². The van der Waals surface area contributed by atoms with Gasteiger partial charge in [-0.2, -0.15) is 0 Å². The molecule has 0 spiro atoms. The molecule has 1 rings (SSSR count). The summed E-state index contributed by atoms with van der Waals surface area (Å²) in [5, 5.41) is 0. The summed E-state index contributed by atoms with van der Waals surface area (Å²) in [7, 11) is 0. The summed E-state index contributed by atoms with van der Waals surface area (Å²) in [6, 6.07) is 3.52. The molecule has 0 aliphatic rings. The molecule has 0 aromatic carbocycles. The molecule has 0 saturated heterocycles. The predicted octanol–water partition coefficient (Wildman–Crippen LogP) is 1.73. The molecule has 1 amide bonds. The average Bonchev–Trinajstić information content (AvgIpc) is 2.26. The van der Waals surface area contributed by atoms with E-state index in [1.54, 1.807) is 35.5 Å². The maximum atomic E-state index is 11.8. The number of rotatable bonds is 4. The zero-order chi connectivity index (χ0) is 10.4. The number of carbonyl (C=O) groups is 1. The SMILES string of the molecule is C=CCN(CC)C(=O)c1cccnc1. The number of nitrogens with zero attached hydrogens (tertiary/aromatic N) is 2. The Bertz CT molecular complexity index is 308. The summed E-state index contributed by atoms with van der Waals surface area (Å²) in [4.78, 5) is 17.4. The Balaban J connectivity index is 2.78. The van der Waals surface area contributed by atoms with Gasteiger partial charge in [0, 0.05) is 25.5 Å². The minimum absolute atomic E-state index is 0.000463. The van der Waals surface area contributed by atoms with Crippen LogP contribution < -0.4 is 0 Å². The van der Waals surface area contributed by atoms with Crippen molar-refractivity contribution in [2.45, 2.75) is 6.92 Å². The van der Waals surface area contributed by atoms with Crippen LogP contribution in [0.4, 0.5) is 0 Å². The van der Waals surface area contributed by atoms with Crippen LogP contribution in [0.3, 0.4) is 0 Å². The molecule has 1 heterocycles. The van der Waals surface area contributed by atoms with E-state index in [1.807, 2.05) is 6.92 Å². The number of amides is 1. The standard InChI is InChI=1S/C11H14N2O/c1-3-8-13(4-2)11(14)10-6-5-7-12-9-10/h3,5-7,9H,1,4,8H2,2H3. The van der Waals surface area contributed by atoms with E-state index in [0.29, 0.717) is 18.7 Å². The van der Waals surface area contributed by atoms with Gasteiger partial charge in [-0.15, -0.1) is 6.58 Å². The van der Waals surface area contributed by atoms with Crippen molar-refractivity contribution in [3.63, 3.8) is 0 Å². The van der Waals surface area contributed by atoms with E-state index < -0.39 is 0 Å². The Kier molecular flexibility index (Phi) is 3.85. The lowest BCUT2D eigenvalue weighted by Gasteiger charge is -2.18. The van der Waals surface area contributed by atoms with Crippen molar-refractivity contribution in [2.75, 3.05) is 13.1 Å². The lowest BCUT2D eigenvalue weighted by Crippen LogP contribution is -2.30. The molecule has 0 radical (unpaired) electrons. The summed E-state index contributed by atoms with van der Waals surface area (Å²) in [5.41, 5.74) is 0.621. The molecular weight excluding hydrogens is 176 g/mol. The van der Waals surface area contributed by atoms with Crippen LogP contribution in [0.2, 0.25) is 0 Å². The fraction of sp³-hybridized carbons (Fsp3) is 0.273. The van der Waals surface area contributed by atoms with Gasteiger partial charge in [0.15, 0.2) is 0 Å². The van der Waals surface area contributed by atoms with E-state index in [-0.39, 0.29) is 5.91 Å². The maximum Gasteiger partial charge on any atom is 0.255 e. The number of carbonyl (C=O) groups excluding carboxylic acids is 1. The fourth-order valence-electron chi connectivity index (χ4n) is 1.18. The normalized spacial score (nSPS) is 9.50. The van der Waals surface area contributed by atoms with Crippen molar-refractivity contribution >= 4 is 5.91 Å².